The van der Waals surface area contributed by atoms with Gasteiger partial charge in [-0.3, -0.25) is 0 Å². The van der Waals surface area contributed by atoms with Gasteiger partial charge in [-0.2, -0.15) is 8.78 Å². The molecule has 5 heteroatoms. The zero-order valence-electron chi connectivity index (χ0n) is 10.0. The maximum Gasteiger partial charge on any atom is 0.208 e. The Morgan fingerprint density at radius 1 is 1.05 bits per heavy atom. The zero-order chi connectivity index (χ0) is 13.6. The van der Waals surface area contributed by atoms with Gasteiger partial charge >= 0.3 is 0 Å². The molecule has 3 aromatic rings. The number of furan rings is 1. The van der Waals surface area contributed by atoms with Gasteiger partial charge in [0.15, 0.2) is 22.7 Å². The lowest BCUT2D eigenvalue weighted by Crippen LogP contribution is -1.94. The van der Waals surface area contributed by atoms with Crippen molar-refractivity contribution in [1.82, 2.24) is 0 Å². The average molecular weight is 264 g/mol. The van der Waals surface area contributed by atoms with Crippen LogP contribution in [0.2, 0.25) is 0 Å². The Morgan fingerprint density at radius 3 is 2.37 bits per heavy atom. The molecule has 1 N–H and O–H groups in total. The average Bonchev–Trinajstić information content (AvgIpc) is 2.78. The van der Waals surface area contributed by atoms with E-state index in [-0.39, 0.29) is 16.9 Å². The normalized spacial score (nSPS) is 11.3. The highest BCUT2D eigenvalue weighted by Crippen LogP contribution is 2.37. The molecule has 0 aliphatic rings. The van der Waals surface area contributed by atoms with E-state index in [1.54, 1.807) is 13.0 Å². The summed E-state index contributed by atoms with van der Waals surface area (Å²) < 4.78 is 38.2. The molecule has 0 fully saturated rings. The largest absolute Gasteiger partial charge is 0.505 e. The topological polar surface area (TPSA) is 42.6 Å². The zero-order valence-corrected chi connectivity index (χ0v) is 10.0. The van der Waals surface area contributed by atoms with Crippen molar-refractivity contribution < 1.29 is 23.0 Å². The van der Waals surface area contributed by atoms with E-state index in [1.807, 2.05) is 0 Å². The van der Waals surface area contributed by atoms with Gasteiger partial charge in [0.05, 0.1) is 6.61 Å². The molecule has 0 unspecified atom stereocenters. The Bertz CT molecular complexity index is 777. The Balaban J connectivity index is 2.39. The van der Waals surface area contributed by atoms with Crippen LogP contribution in [0.3, 0.4) is 0 Å². The van der Waals surface area contributed by atoms with E-state index in [0.29, 0.717) is 17.4 Å². The van der Waals surface area contributed by atoms with Crippen molar-refractivity contribution in [3.63, 3.8) is 0 Å². The summed E-state index contributed by atoms with van der Waals surface area (Å²) in [4.78, 5) is 0. The first kappa shape index (κ1) is 11.8. The van der Waals surface area contributed by atoms with Crippen LogP contribution >= 0.6 is 0 Å². The first-order chi connectivity index (χ1) is 9.13. The van der Waals surface area contributed by atoms with Gasteiger partial charge in [0, 0.05) is 10.8 Å². The third kappa shape index (κ3) is 1.62. The first-order valence-electron chi connectivity index (χ1n) is 5.78. The van der Waals surface area contributed by atoms with E-state index in [2.05, 4.69) is 0 Å². The molecule has 0 aliphatic heterocycles. The molecule has 1 aromatic heterocycles. The van der Waals surface area contributed by atoms with Crippen LogP contribution in [0.4, 0.5) is 8.78 Å². The minimum atomic E-state index is -0.897. The van der Waals surface area contributed by atoms with Crippen LogP contribution < -0.4 is 4.74 Å². The number of phenolic OH excluding ortho intramolecular Hbond substituents is 1. The molecule has 0 atom stereocenters. The number of fused-ring (bicyclic) bond motifs is 3. The van der Waals surface area contributed by atoms with Crippen LogP contribution in [-0.2, 0) is 0 Å². The summed E-state index contributed by atoms with van der Waals surface area (Å²) in [7, 11) is 0. The van der Waals surface area contributed by atoms with E-state index >= 15 is 0 Å². The van der Waals surface area contributed by atoms with E-state index in [0.717, 1.165) is 0 Å². The monoisotopic (exact) mass is 264 g/mol. The molecule has 1 heterocycles. The van der Waals surface area contributed by atoms with Crippen molar-refractivity contribution in [2.75, 3.05) is 6.61 Å². The summed E-state index contributed by atoms with van der Waals surface area (Å²) in [6.45, 7) is 2.05. The fourth-order valence-corrected chi connectivity index (χ4v) is 2.08. The standard InChI is InChI=1S/C14H10F2O3/c1-2-18-10-6-4-8-7-3-5-9(17)11(15)13(7)19-14(8)12(10)16/h3-6,17H,2H2,1H3. The van der Waals surface area contributed by atoms with Gasteiger partial charge in [0.25, 0.3) is 0 Å². The molecule has 19 heavy (non-hydrogen) atoms. The number of halogens is 2. The Labute approximate surface area is 107 Å². The van der Waals surface area contributed by atoms with Crippen LogP contribution in [0.1, 0.15) is 6.92 Å². The Morgan fingerprint density at radius 2 is 1.68 bits per heavy atom. The van der Waals surface area contributed by atoms with Crippen molar-refractivity contribution in [1.29, 1.82) is 0 Å². The number of hydrogen-bond donors (Lipinski definition) is 1. The number of phenols is 1. The SMILES string of the molecule is CCOc1ccc2c(oc3c(F)c(O)ccc32)c1F. The van der Waals surface area contributed by atoms with Crippen molar-refractivity contribution in [2.45, 2.75) is 6.92 Å². The predicted molar refractivity (Wildman–Crippen MR) is 66.5 cm³/mol. The summed E-state index contributed by atoms with van der Waals surface area (Å²) in [6, 6.07) is 5.77. The molecule has 0 bridgehead atoms. The summed E-state index contributed by atoms with van der Waals surface area (Å²) in [5.74, 6) is -2.05. The molecule has 3 nitrogen and oxygen atoms in total. The molecule has 0 radical (unpaired) electrons. The van der Waals surface area contributed by atoms with Gasteiger partial charge in [-0.05, 0) is 31.2 Å². The van der Waals surface area contributed by atoms with Crippen LogP contribution in [0.25, 0.3) is 21.9 Å². The van der Waals surface area contributed by atoms with E-state index in [4.69, 9.17) is 9.15 Å². The highest BCUT2D eigenvalue weighted by Gasteiger charge is 2.18. The molecule has 0 amide bonds. The summed E-state index contributed by atoms with van der Waals surface area (Å²) in [5.41, 5.74) is -0.243. The lowest BCUT2D eigenvalue weighted by Gasteiger charge is -2.03. The number of ether oxygens (including phenoxy) is 1. The minimum absolute atomic E-state index is 0.0543. The molecule has 98 valence electrons. The third-order valence-corrected chi connectivity index (χ3v) is 2.93. The minimum Gasteiger partial charge on any atom is -0.505 e. The van der Waals surface area contributed by atoms with Gasteiger partial charge in [-0.15, -0.1) is 0 Å². The second-order valence-corrected chi connectivity index (χ2v) is 4.06. The molecule has 0 aliphatic carbocycles. The number of benzene rings is 2. The van der Waals surface area contributed by atoms with Crippen molar-refractivity contribution in [2.24, 2.45) is 0 Å². The number of hydrogen-bond acceptors (Lipinski definition) is 3. The lowest BCUT2D eigenvalue weighted by molar-refractivity contribution is 0.321. The lowest BCUT2D eigenvalue weighted by atomic mass is 10.1. The maximum atomic E-state index is 14.1. The quantitative estimate of drug-likeness (QED) is 0.761. The Hall–Kier alpha value is -2.30. The second kappa shape index (κ2) is 4.12. The molecule has 3 rings (SSSR count). The highest BCUT2D eigenvalue weighted by atomic mass is 19.1. The van der Waals surface area contributed by atoms with Crippen LogP contribution in [0.15, 0.2) is 28.7 Å². The molecule has 2 aromatic carbocycles. The molecular formula is C14H10F2O3. The molecule has 0 saturated heterocycles. The van der Waals surface area contributed by atoms with Crippen molar-refractivity contribution in [3.05, 3.63) is 35.9 Å². The summed E-state index contributed by atoms with van der Waals surface area (Å²) >= 11 is 0. The third-order valence-electron chi connectivity index (χ3n) is 2.93. The van der Waals surface area contributed by atoms with Crippen LogP contribution in [0, 0.1) is 11.6 Å². The summed E-state index contributed by atoms with van der Waals surface area (Å²) in [5, 5.41) is 10.1. The van der Waals surface area contributed by atoms with Crippen molar-refractivity contribution >= 4 is 21.9 Å². The molecular weight excluding hydrogens is 254 g/mol. The molecule has 0 saturated carbocycles. The van der Waals surface area contributed by atoms with Crippen LogP contribution in [-0.4, -0.2) is 11.7 Å². The van der Waals surface area contributed by atoms with Gasteiger partial charge in [-0.1, -0.05) is 0 Å². The first-order valence-corrected chi connectivity index (χ1v) is 5.78. The van der Waals surface area contributed by atoms with E-state index < -0.39 is 17.4 Å². The second-order valence-electron chi connectivity index (χ2n) is 4.06. The fraction of sp³-hybridized carbons (Fsp3) is 0.143. The maximum absolute atomic E-state index is 14.1. The van der Waals surface area contributed by atoms with E-state index in [1.165, 1.54) is 18.2 Å². The van der Waals surface area contributed by atoms with Crippen LogP contribution in [0.5, 0.6) is 11.5 Å². The van der Waals surface area contributed by atoms with Gasteiger partial charge in [0.1, 0.15) is 0 Å². The van der Waals surface area contributed by atoms with Crippen molar-refractivity contribution in [3.8, 4) is 11.5 Å². The number of rotatable bonds is 2. The van der Waals surface area contributed by atoms with E-state index in [9.17, 15) is 13.9 Å². The smallest absolute Gasteiger partial charge is 0.208 e. The van der Waals surface area contributed by atoms with Gasteiger partial charge in [0.2, 0.25) is 11.6 Å². The predicted octanol–water partition coefficient (Wildman–Crippen LogP) is 3.97. The number of aromatic hydroxyl groups is 1. The van der Waals surface area contributed by atoms with Gasteiger partial charge in [-0.25, -0.2) is 0 Å². The Kier molecular flexibility index (Phi) is 2.55. The fourth-order valence-electron chi connectivity index (χ4n) is 2.08. The highest BCUT2D eigenvalue weighted by molar-refractivity contribution is 6.06. The van der Waals surface area contributed by atoms with Gasteiger partial charge < -0.3 is 14.3 Å². The summed E-state index contributed by atoms with van der Waals surface area (Å²) in [6.07, 6.45) is 0. The molecule has 0 spiro atoms.